The van der Waals surface area contributed by atoms with Crippen molar-refractivity contribution in [3.8, 4) is 0 Å². The fourth-order valence-corrected chi connectivity index (χ4v) is 3.94. The number of ether oxygens (including phenoxy) is 1. The van der Waals surface area contributed by atoms with Crippen molar-refractivity contribution in [3.63, 3.8) is 0 Å². The zero-order valence-corrected chi connectivity index (χ0v) is 10.2. The summed E-state index contributed by atoms with van der Waals surface area (Å²) in [5, 5.41) is 8.12. The van der Waals surface area contributed by atoms with Gasteiger partial charge in [-0.15, -0.1) is 0 Å². The summed E-state index contributed by atoms with van der Waals surface area (Å²) < 4.78 is 5.42. The fourth-order valence-electron chi connectivity index (χ4n) is 3.94. The molecule has 3 aliphatic rings. The van der Waals surface area contributed by atoms with Crippen molar-refractivity contribution >= 4 is 5.97 Å². The van der Waals surface area contributed by atoms with Crippen LogP contribution in [0.2, 0.25) is 0 Å². The topological polar surface area (TPSA) is 55.8 Å². The molecule has 0 heterocycles. The van der Waals surface area contributed by atoms with Crippen LogP contribution in [-0.2, 0) is 14.4 Å². The predicted octanol–water partition coefficient (Wildman–Crippen LogP) is 2.18. The maximum Gasteiger partial charge on any atom is 0.330 e. The molecule has 0 aromatic heterocycles. The summed E-state index contributed by atoms with van der Waals surface area (Å²) in [6.45, 7) is 0.0138. The Hall–Kier alpha value is -1.13. The average Bonchev–Trinajstić information content (AvgIpc) is 2.90. The normalized spacial score (nSPS) is 40.6. The van der Waals surface area contributed by atoms with Crippen LogP contribution in [0.25, 0.3) is 0 Å². The molecule has 2 fully saturated rings. The van der Waals surface area contributed by atoms with Crippen LogP contribution in [0.15, 0.2) is 24.3 Å². The fraction of sp³-hybridized carbons (Fsp3) is 0.643. The van der Waals surface area contributed by atoms with Gasteiger partial charge in [-0.1, -0.05) is 12.2 Å². The summed E-state index contributed by atoms with van der Waals surface area (Å²) in [7, 11) is 0. The molecule has 5 unspecified atom stereocenters. The second kappa shape index (κ2) is 4.86. The molecule has 0 radical (unpaired) electrons. The number of esters is 1. The molecule has 0 saturated heterocycles. The van der Waals surface area contributed by atoms with Gasteiger partial charge < -0.3 is 4.74 Å². The number of allylic oxidation sites excluding steroid dienone is 2. The summed E-state index contributed by atoms with van der Waals surface area (Å²) >= 11 is 0. The van der Waals surface area contributed by atoms with E-state index in [1.807, 2.05) is 0 Å². The van der Waals surface area contributed by atoms with Crippen LogP contribution >= 0.6 is 0 Å². The molecule has 4 heteroatoms. The molecule has 0 spiro atoms. The van der Waals surface area contributed by atoms with Crippen LogP contribution in [0.5, 0.6) is 0 Å². The molecule has 98 valence electrons. The molecule has 2 saturated carbocycles. The highest BCUT2D eigenvalue weighted by molar-refractivity contribution is 5.82. The first-order valence-electron chi connectivity index (χ1n) is 6.59. The SMILES string of the molecule is O=C(C=CCOO)OC1CC2C3C=CCC3C2C1. The summed E-state index contributed by atoms with van der Waals surface area (Å²) in [4.78, 5) is 15.3. The molecule has 0 aromatic rings. The first-order valence-corrected chi connectivity index (χ1v) is 6.59. The Labute approximate surface area is 106 Å². The minimum atomic E-state index is -0.334. The standard InChI is InChI=1S/C14H18O4/c15-14(5-2-6-17-16)18-9-7-12-10-3-1-4-11(10)13(12)8-9/h1-3,5,9-13,16H,4,6-8H2. The van der Waals surface area contributed by atoms with E-state index in [0.717, 1.165) is 36.5 Å². The van der Waals surface area contributed by atoms with E-state index < -0.39 is 0 Å². The van der Waals surface area contributed by atoms with Gasteiger partial charge in [0, 0.05) is 6.08 Å². The molecular weight excluding hydrogens is 232 g/mol. The van der Waals surface area contributed by atoms with Crippen LogP contribution in [0, 0.1) is 23.7 Å². The van der Waals surface area contributed by atoms with E-state index >= 15 is 0 Å². The molecule has 4 nitrogen and oxygen atoms in total. The zero-order chi connectivity index (χ0) is 12.5. The predicted molar refractivity (Wildman–Crippen MR) is 64.6 cm³/mol. The Balaban J connectivity index is 1.48. The monoisotopic (exact) mass is 250 g/mol. The van der Waals surface area contributed by atoms with Crippen molar-refractivity contribution in [1.82, 2.24) is 0 Å². The summed E-state index contributed by atoms with van der Waals surface area (Å²) in [5.74, 6) is 2.72. The molecule has 18 heavy (non-hydrogen) atoms. The third-order valence-electron chi connectivity index (χ3n) is 4.63. The van der Waals surface area contributed by atoms with Crippen molar-refractivity contribution in [3.05, 3.63) is 24.3 Å². The van der Waals surface area contributed by atoms with Crippen molar-refractivity contribution in [2.24, 2.45) is 23.7 Å². The van der Waals surface area contributed by atoms with Gasteiger partial charge >= 0.3 is 5.97 Å². The lowest BCUT2D eigenvalue weighted by atomic mass is 9.60. The first kappa shape index (κ1) is 11.9. The van der Waals surface area contributed by atoms with Crippen LogP contribution in [0.3, 0.4) is 0 Å². The minimum Gasteiger partial charge on any atom is -0.459 e. The van der Waals surface area contributed by atoms with Crippen molar-refractivity contribution in [2.75, 3.05) is 6.61 Å². The van der Waals surface area contributed by atoms with Gasteiger partial charge in [-0.2, -0.15) is 0 Å². The van der Waals surface area contributed by atoms with Crippen molar-refractivity contribution in [1.29, 1.82) is 0 Å². The maximum absolute atomic E-state index is 11.5. The maximum atomic E-state index is 11.5. The van der Waals surface area contributed by atoms with Crippen LogP contribution in [0.1, 0.15) is 19.3 Å². The smallest absolute Gasteiger partial charge is 0.330 e. The highest BCUT2D eigenvalue weighted by Crippen LogP contribution is 2.59. The summed E-state index contributed by atoms with van der Waals surface area (Å²) in [6.07, 6.45) is 10.7. The molecule has 3 rings (SSSR count). The van der Waals surface area contributed by atoms with Gasteiger partial charge in [-0.25, -0.2) is 9.68 Å². The van der Waals surface area contributed by atoms with E-state index in [0.29, 0.717) is 0 Å². The van der Waals surface area contributed by atoms with Gasteiger partial charge in [0.15, 0.2) is 0 Å². The van der Waals surface area contributed by atoms with E-state index in [4.69, 9.17) is 9.99 Å². The van der Waals surface area contributed by atoms with E-state index in [-0.39, 0.29) is 18.7 Å². The third kappa shape index (κ3) is 1.99. The molecule has 0 bridgehead atoms. The highest BCUT2D eigenvalue weighted by atomic mass is 17.1. The second-order valence-corrected chi connectivity index (χ2v) is 5.46. The number of rotatable bonds is 4. The zero-order valence-electron chi connectivity index (χ0n) is 10.2. The molecule has 3 aliphatic carbocycles. The Morgan fingerprint density at radius 3 is 3.00 bits per heavy atom. The second-order valence-electron chi connectivity index (χ2n) is 5.46. The molecule has 0 aliphatic heterocycles. The van der Waals surface area contributed by atoms with Gasteiger partial charge in [-0.3, -0.25) is 5.26 Å². The molecule has 5 atom stereocenters. The van der Waals surface area contributed by atoms with E-state index in [2.05, 4.69) is 17.0 Å². The van der Waals surface area contributed by atoms with Gasteiger partial charge in [0.2, 0.25) is 0 Å². The van der Waals surface area contributed by atoms with Crippen molar-refractivity contribution in [2.45, 2.75) is 25.4 Å². The Kier molecular flexibility index (Phi) is 3.22. The van der Waals surface area contributed by atoms with Gasteiger partial charge in [-0.05, 0) is 49.0 Å². The Morgan fingerprint density at radius 1 is 1.33 bits per heavy atom. The summed E-state index contributed by atoms with van der Waals surface area (Å²) in [6, 6.07) is 0. The Bertz CT molecular complexity index is 387. The third-order valence-corrected chi connectivity index (χ3v) is 4.63. The van der Waals surface area contributed by atoms with Gasteiger partial charge in [0.05, 0.1) is 0 Å². The number of fused-ring (bicyclic) bond motifs is 4. The Morgan fingerprint density at radius 2 is 2.17 bits per heavy atom. The highest BCUT2D eigenvalue weighted by Gasteiger charge is 2.55. The average molecular weight is 250 g/mol. The number of carbonyl (C=O) groups excluding carboxylic acids is 1. The van der Waals surface area contributed by atoms with Crippen LogP contribution in [0.4, 0.5) is 0 Å². The lowest BCUT2D eigenvalue weighted by Crippen LogP contribution is -2.39. The van der Waals surface area contributed by atoms with Crippen LogP contribution in [-0.4, -0.2) is 23.9 Å². The molecular formula is C14H18O4. The molecule has 0 aromatic carbocycles. The van der Waals surface area contributed by atoms with Crippen molar-refractivity contribution < 1.29 is 19.7 Å². The number of hydrogen-bond acceptors (Lipinski definition) is 4. The lowest BCUT2D eigenvalue weighted by molar-refractivity contribution is -0.231. The number of carbonyl (C=O) groups is 1. The van der Waals surface area contributed by atoms with E-state index in [1.54, 1.807) is 0 Å². The molecule has 1 N–H and O–H groups in total. The van der Waals surface area contributed by atoms with E-state index in [1.165, 1.54) is 18.6 Å². The minimum absolute atomic E-state index is 0.0138. The van der Waals surface area contributed by atoms with Crippen LogP contribution < -0.4 is 0 Å². The quantitative estimate of drug-likeness (QED) is 0.273. The van der Waals surface area contributed by atoms with Gasteiger partial charge in [0.25, 0.3) is 0 Å². The molecule has 0 amide bonds. The van der Waals surface area contributed by atoms with Gasteiger partial charge in [0.1, 0.15) is 12.7 Å². The first-order chi connectivity index (χ1) is 8.79. The largest absolute Gasteiger partial charge is 0.459 e. The van der Waals surface area contributed by atoms with E-state index in [9.17, 15) is 4.79 Å². The summed E-state index contributed by atoms with van der Waals surface area (Å²) in [5.41, 5.74) is 0. The number of hydrogen-bond donors (Lipinski definition) is 1. The lowest BCUT2D eigenvalue weighted by Gasteiger charge is -2.44.